The molecule has 4 aromatic rings. The number of nitrogens with zero attached hydrogens (tertiary/aromatic N) is 2. The first-order chi connectivity index (χ1) is 18.8. The van der Waals surface area contributed by atoms with Gasteiger partial charge in [-0.2, -0.15) is 0 Å². The molecule has 0 aliphatic carbocycles. The van der Waals surface area contributed by atoms with Crippen LogP contribution >= 0.6 is 11.3 Å². The monoisotopic (exact) mass is 539 g/mol. The number of Topliss-reactive ketones (excluding diaryl/α,β-unsaturated/α-hetero) is 1. The maximum Gasteiger partial charge on any atom is 0.269 e. The molecule has 0 saturated carbocycles. The summed E-state index contributed by atoms with van der Waals surface area (Å²) in [5.41, 5.74) is 8.17. The van der Waals surface area contributed by atoms with Crippen LogP contribution in [0.5, 0.6) is 0 Å². The van der Waals surface area contributed by atoms with Gasteiger partial charge in [0, 0.05) is 34.1 Å². The molecule has 39 heavy (non-hydrogen) atoms. The zero-order chi connectivity index (χ0) is 27.7. The van der Waals surface area contributed by atoms with Gasteiger partial charge in [-0.3, -0.25) is 24.5 Å². The van der Waals surface area contributed by atoms with Crippen molar-refractivity contribution in [1.82, 2.24) is 4.90 Å². The Kier molecular flexibility index (Phi) is 7.08. The molecule has 0 spiro atoms. The summed E-state index contributed by atoms with van der Waals surface area (Å²) < 4.78 is 0. The van der Waals surface area contributed by atoms with Gasteiger partial charge in [-0.25, -0.2) is 0 Å². The number of nitro groups is 1. The van der Waals surface area contributed by atoms with Crippen LogP contribution in [0.1, 0.15) is 48.7 Å². The number of nitrogens with two attached hydrogens (primary N) is 1. The summed E-state index contributed by atoms with van der Waals surface area (Å²) in [5.74, 6) is -3.05. The van der Waals surface area contributed by atoms with Gasteiger partial charge < -0.3 is 10.6 Å². The molecule has 0 radical (unpaired) electrons. The third kappa shape index (κ3) is 4.84. The average molecular weight is 540 g/mol. The fourth-order valence-corrected chi connectivity index (χ4v) is 6.30. The highest BCUT2D eigenvalue weighted by molar-refractivity contribution is 7.10. The number of aryl methyl sites for hydroxylation is 1. The van der Waals surface area contributed by atoms with Crippen LogP contribution in [-0.4, -0.2) is 33.5 Å². The first-order valence-corrected chi connectivity index (χ1v) is 13.2. The van der Waals surface area contributed by atoms with Gasteiger partial charge in [0.2, 0.25) is 5.91 Å². The lowest BCUT2D eigenvalue weighted by molar-refractivity contribution is -0.384. The Hall–Kier alpha value is -4.63. The number of hydrogen-bond donors (Lipinski definition) is 1. The summed E-state index contributed by atoms with van der Waals surface area (Å²) >= 11 is 1.39. The lowest BCUT2D eigenvalue weighted by atomic mass is 9.78. The number of likely N-dealkylation sites (tertiary alicyclic amines) is 1. The van der Waals surface area contributed by atoms with E-state index in [-0.39, 0.29) is 17.0 Å². The molecule has 8 nitrogen and oxygen atoms in total. The van der Waals surface area contributed by atoms with E-state index in [1.54, 1.807) is 30.3 Å². The largest absolute Gasteiger partial charge is 0.368 e. The highest BCUT2D eigenvalue weighted by atomic mass is 32.1. The van der Waals surface area contributed by atoms with Gasteiger partial charge in [-0.15, -0.1) is 11.3 Å². The minimum atomic E-state index is -1.10. The van der Waals surface area contributed by atoms with E-state index in [9.17, 15) is 24.5 Å². The topological polar surface area (TPSA) is 124 Å². The van der Waals surface area contributed by atoms with E-state index >= 15 is 0 Å². The third-order valence-corrected chi connectivity index (χ3v) is 8.14. The zero-order valence-corrected chi connectivity index (χ0v) is 21.8. The quantitative estimate of drug-likeness (QED) is 0.194. The van der Waals surface area contributed by atoms with Crippen LogP contribution in [0.2, 0.25) is 0 Å². The van der Waals surface area contributed by atoms with Gasteiger partial charge in [-0.05, 0) is 48.2 Å². The highest BCUT2D eigenvalue weighted by Crippen LogP contribution is 2.52. The van der Waals surface area contributed by atoms with Gasteiger partial charge in [0.1, 0.15) is 6.04 Å². The van der Waals surface area contributed by atoms with E-state index in [0.29, 0.717) is 11.1 Å². The van der Waals surface area contributed by atoms with Crippen molar-refractivity contribution in [2.24, 2.45) is 11.7 Å². The van der Waals surface area contributed by atoms with Gasteiger partial charge >= 0.3 is 0 Å². The molecule has 9 heteroatoms. The lowest BCUT2D eigenvalue weighted by Gasteiger charge is -2.31. The van der Waals surface area contributed by atoms with Crippen LogP contribution in [0.15, 0.2) is 96.4 Å². The van der Waals surface area contributed by atoms with Crippen LogP contribution in [0.25, 0.3) is 0 Å². The molecular weight excluding hydrogens is 514 g/mol. The summed E-state index contributed by atoms with van der Waals surface area (Å²) in [7, 11) is 0. The molecule has 2 N–H and O–H groups in total. The summed E-state index contributed by atoms with van der Waals surface area (Å²) in [6.07, 6.45) is 0. The number of ketones is 1. The van der Waals surface area contributed by atoms with E-state index in [4.69, 9.17) is 5.73 Å². The molecule has 1 saturated heterocycles. The Labute approximate surface area is 228 Å². The normalized spacial score (nSPS) is 20.5. The van der Waals surface area contributed by atoms with Gasteiger partial charge in [-0.1, -0.05) is 54.1 Å². The van der Waals surface area contributed by atoms with Crippen molar-refractivity contribution in [3.8, 4) is 0 Å². The number of primary amides is 1. The average Bonchev–Trinajstić information content (AvgIpc) is 3.60. The second-order valence-electron chi connectivity index (χ2n) is 9.52. The predicted octanol–water partition coefficient (Wildman–Crippen LogP) is 5.30. The SMILES string of the molecule is Cc1ccc(C2C(C(=O)c3ccc([N+](=O)[O-])cc3)C(c3cccs3)C(C(N)=O)N2C(=O)c2ccccc2)cc1. The van der Waals surface area contributed by atoms with Crippen molar-refractivity contribution >= 4 is 34.6 Å². The van der Waals surface area contributed by atoms with E-state index in [0.717, 1.165) is 10.4 Å². The molecule has 3 aromatic carbocycles. The van der Waals surface area contributed by atoms with Crippen LogP contribution < -0.4 is 5.73 Å². The maximum atomic E-state index is 14.3. The van der Waals surface area contributed by atoms with Gasteiger partial charge in [0.15, 0.2) is 5.78 Å². The Morgan fingerprint density at radius 2 is 1.54 bits per heavy atom. The van der Waals surface area contributed by atoms with Crippen LogP contribution in [0, 0.1) is 23.0 Å². The van der Waals surface area contributed by atoms with Gasteiger partial charge in [0.25, 0.3) is 11.6 Å². The minimum Gasteiger partial charge on any atom is -0.368 e. The predicted molar refractivity (Wildman–Crippen MR) is 147 cm³/mol. The van der Waals surface area contributed by atoms with Gasteiger partial charge in [0.05, 0.1) is 16.9 Å². The number of carbonyl (C=O) groups excluding carboxylic acids is 3. The van der Waals surface area contributed by atoms with Crippen molar-refractivity contribution in [2.45, 2.75) is 24.9 Å². The molecule has 1 aliphatic rings. The smallest absolute Gasteiger partial charge is 0.269 e. The summed E-state index contributed by atoms with van der Waals surface area (Å²) in [5, 5.41) is 13.1. The van der Waals surface area contributed by atoms with Crippen molar-refractivity contribution in [3.05, 3.63) is 134 Å². The molecular formula is C30H25N3O5S. The molecule has 5 rings (SSSR count). The first-order valence-electron chi connectivity index (χ1n) is 12.3. The number of thiophene rings is 1. The fourth-order valence-electron chi connectivity index (χ4n) is 5.40. The number of amides is 2. The van der Waals surface area contributed by atoms with Crippen LogP contribution in [0.4, 0.5) is 5.69 Å². The second kappa shape index (κ2) is 10.6. The molecule has 196 valence electrons. The van der Waals surface area contributed by atoms with E-state index in [2.05, 4.69) is 0 Å². The Morgan fingerprint density at radius 1 is 0.872 bits per heavy atom. The summed E-state index contributed by atoms with van der Waals surface area (Å²) in [4.78, 5) is 54.4. The lowest BCUT2D eigenvalue weighted by Crippen LogP contribution is -2.46. The minimum absolute atomic E-state index is 0.140. The molecule has 0 bridgehead atoms. The molecule has 2 amide bonds. The number of rotatable bonds is 7. The molecule has 1 aromatic heterocycles. The Balaban J connectivity index is 1.73. The number of non-ortho nitro benzene ring substituents is 1. The number of benzene rings is 3. The standard InChI is InChI=1S/C30H25N3O5S/c1-18-9-11-19(12-10-18)26-25(28(34)20-13-15-22(16-14-20)33(37)38)24(23-8-5-17-39-23)27(29(31)35)32(26)30(36)21-6-3-2-4-7-21/h2-17,24-27H,1H3,(H2,31,35). The number of hydrogen-bond acceptors (Lipinski definition) is 6. The molecule has 1 aliphatic heterocycles. The fraction of sp³-hybridized carbons (Fsp3) is 0.167. The van der Waals surface area contributed by atoms with Crippen molar-refractivity contribution in [2.75, 3.05) is 0 Å². The zero-order valence-electron chi connectivity index (χ0n) is 21.0. The van der Waals surface area contributed by atoms with E-state index in [1.165, 1.54) is 40.5 Å². The highest BCUT2D eigenvalue weighted by Gasteiger charge is 2.57. The summed E-state index contributed by atoms with van der Waals surface area (Å²) in [6.45, 7) is 1.94. The van der Waals surface area contributed by atoms with Crippen molar-refractivity contribution in [1.29, 1.82) is 0 Å². The summed E-state index contributed by atoms with van der Waals surface area (Å²) in [6, 6.07) is 23.2. The molecule has 4 unspecified atom stereocenters. The number of nitro benzene ring substituents is 1. The van der Waals surface area contributed by atoms with Crippen LogP contribution in [0.3, 0.4) is 0 Å². The Bertz CT molecular complexity index is 1520. The molecule has 4 atom stereocenters. The van der Waals surface area contributed by atoms with E-state index in [1.807, 2.05) is 48.7 Å². The van der Waals surface area contributed by atoms with Crippen molar-refractivity contribution < 1.29 is 19.3 Å². The Morgan fingerprint density at radius 3 is 2.10 bits per heavy atom. The molecule has 1 fully saturated rings. The van der Waals surface area contributed by atoms with Crippen LogP contribution in [-0.2, 0) is 4.79 Å². The van der Waals surface area contributed by atoms with Crippen molar-refractivity contribution in [3.63, 3.8) is 0 Å². The maximum absolute atomic E-state index is 14.3. The number of carbonyl (C=O) groups is 3. The van der Waals surface area contributed by atoms with E-state index < -0.39 is 40.7 Å². The second-order valence-corrected chi connectivity index (χ2v) is 10.5. The third-order valence-electron chi connectivity index (χ3n) is 7.17. The molecule has 2 heterocycles. The first kappa shape index (κ1) is 26.0.